The summed E-state index contributed by atoms with van der Waals surface area (Å²) in [5, 5.41) is 0. The van der Waals surface area contributed by atoms with E-state index in [-0.39, 0.29) is 0 Å². The summed E-state index contributed by atoms with van der Waals surface area (Å²) in [6.07, 6.45) is 10.3. The molecule has 1 heterocycles. The van der Waals surface area contributed by atoms with Gasteiger partial charge in [0.25, 0.3) is 0 Å². The van der Waals surface area contributed by atoms with Gasteiger partial charge < -0.3 is 4.74 Å². The van der Waals surface area contributed by atoms with Crippen LogP contribution in [0.2, 0.25) is 0 Å². The maximum atomic E-state index is 5.55. The highest BCUT2D eigenvalue weighted by Crippen LogP contribution is 2.24. The maximum absolute atomic E-state index is 5.55. The molecule has 1 heteroatoms. The van der Waals surface area contributed by atoms with Crippen LogP contribution >= 0.6 is 0 Å². The second-order valence-corrected chi connectivity index (χ2v) is 5.21. The van der Waals surface area contributed by atoms with Crippen LogP contribution in [0.5, 0.6) is 0 Å². The zero-order chi connectivity index (χ0) is 13.5. The lowest BCUT2D eigenvalue weighted by atomic mass is 9.99. The number of hydrogen-bond donors (Lipinski definition) is 0. The molecule has 1 nitrogen and oxygen atoms in total. The van der Waals surface area contributed by atoms with E-state index < -0.39 is 0 Å². The number of ether oxygens (including phenoxy) is 1. The Kier molecular flexibility index (Phi) is 5.41. The molecule has 19 heavy (non-hydrogen) atoms. The lowest BCUT2D eigenvalue weighted by molar-refractivity contribution is 0.195. The van der Waals surface area contributed by atoms with Crippen LogP contribution < -0.4 is 0 Å². The van der Waals surface area contributed by atoms with E-state index in [1.54, 1.807) is 0 Å². The van der Waals surface area contributed by atoms with Crippen LogP contribution in [0, 0.1) is 5.92 Å². The highest BCUT2D eigenvalue weighted by atomic mass is 16.5. The van der Waals surface area contributed by atoms with Gasteiger partial charge in [-0.25, -0.2) is 0 Å². The first-order valence-corrected chi connectivity index (χ1v) is 7.33. The summed E-state index contributed by atoms with van der Waals surface area (Å²) in [6.45, 7) is 5.90. The minimum absolute atomic E-state index is 0.463. The molecular formula is C18H24O. The Balaban J connectivity index is 2.05. The first kappa shape index (κ1) is 14.1. The van der Waals surface area contributed by atoms with E-state index in [1.807, 2.05) is 0 Å². The van der Waals surface area contributed by atoms with Gasteiger partial charge in [-0.05, 0) is 36.5 Å². The smallest absolute Gasteiger partial charge is 0.0687 e. The van der Waals surface area contributed by atoms with Gasteiger partial charge in [0.2, 0.25) is 0 Å². The van der Waals surface area contributed by atoms with Crippen molar-refractivity contribution in [3.8, 4) is 0 Å². The van der Waals surface area contributed by atoms with Crippen molar-refractivity contribution in [3.63, 3.8) is 0 Å². The van der Waals surface area contributed by atoms with Crippen LogP contribution in [-0.4, -0.2) is 13.2 Å². The van der Waals surface area contributed by atoms with E-state index in [0.29, 0.717) is 5.92 Å². The van der Waals surface area contributed by atoms with Crippen LogP contribution in [0.3, 0.4) is 0 Å². The number of hydrogen-bond acceptors (Lipinski definition) is 1. The third kappa shape index (κ3) is 4.07. The van der Waals surface area contributed by atoms with E-state index >= 15 is 0 Å². The Hall–Kier alpha value is -1.34. The van der Waals surface area contributed by atoms with Crippen molar-refractivity contribution in [2.75, 3.05) is 13.2 Å². The minimum atomic E-state index is 0.463. The van der Waals surface area contributed by atoms with Crippen LogP contribution in [0.4, 0.5) is 0 Å². The fourth-order valence-electron chi connectivity index (χ4n) is 2.45. The molecule has 1 aliphatic heterocycles. The van der Waals surface area contributed by atoms with Gasteiger partial charge in [-0.15, -0.1) is 0 Å². The molecule has 1 atom stereocenters. The molecule has 0 aliphatic carbocycles. The van der Waals surface area contributed by atoms with Crippen molar-refractivity contribution in [3.05, 3.63) is 53.1 Å². The number of allylic oxidation sites excluding steroid dienone is 1. The van der Waals surface area contributed by atoms with Crippen molar-refractivity contribution >= 4 is 6.08 Å². The Morgan fingerprint density at radius 2 is 2.05 bits per heavy atom. The van der Waals surface area contributed by atoms with E-state index in [2.05, 4.69) is 56.3 Å². The summed E-state index contributed by atoms with van der Waals surface area (Å²) >= 11 is 0. The van der Waals surface area contributed by atoms with E-state index in [0.717, 1.165) is 13.2 Å². The van der Waals surface area contributed by atoms with Crippen molar-refractivity contribution in [1.82, 2.24) is 0 Å². The van der Waals surface area contributed by atoms with Gasteiger partial charge in [0.05, 0.1) is 13.2 Å². The Morgan fingerprint density at radius 3 is 2.74 bits per heavy atom. The SMILES string of the molecule is C/C=C/C1COC/C1=C\c1ccc(CCCC)cc1. The quantitative estimate of drug-likeness (QED) is 0.698. The van der Waals surface area contributed by atoms with Gasteiger partial charge in [0, 0.05) is 5.92 Å². The number of unbranched alkanes of at least 4 members (excludes halogenated alkanes) is 1. The van der Waals surface area contributed by atoms with Crippen LogP contribution in [0.15, 0.2) is 42.0 Å². The van der Waals surface area contributed by atoms with Crippen molar-refractivity contribution < 1.29 is 4.74 Å². The molecule has 1 unspecified atom stereocenters. The molecule has 0 aromatic heterocycles. The maximum Gasteiger partial charge on any atom is 0.0687 e. The third-order valence-electron chi connectivity index (χ3n) is 3.62. The third-order valence-corrected chi connectivity index (χ3v) is 3.62. The molecule has 1 saturated heterocycles. The first-order valence-electron chi connectivity index (χ1n) is 7.33. The topological polar surface area (TPSA) is 9.23 Å². The highest BCUT2D eigenvalue weighted by Gasteiger charge is 2.18. The molecule has 0 spiro atoms. The first-order chi connectivity index (χ1) is 9.33. The minimum Gasteiger partial charge on any atom is -0.376 e. The Labute approximate surface area is 117 Å². The molecule has 0 radical (unpaired) electrons. The van der Waals surface area contributed by atoms with Gasteiger partial charge in [-0.1, -0.05) is 55.8 Å². The van der Waals surface area contributed by atoms with Gasteiger partial charge >= 0.3 is 0 Å². The van der Waals surface area contributed by atoms with Crippen LogP contribution in [-0.2, 0) is 11.2 Å². The lowest BCUT2D eigenvalue weighted by Crippen LogP contribution is -1.97. The monoisotopic (exact) mass is 256 g/mol. The fraction of sp³-hybridized carbons (Fsp3) is 0.444. The van der Waals surface area contributed by atoms with Crippen molar-refractivity contribution in [2.45, 2.75) is 33.1 Å². The van der Waals surface area contributed by atoms with Crippen molar-refractivity contribution in [2.24, 2.45) is 5.92 Å². The van der Waals surface area contributed by atoms with Gasteiger partial charge in [-0.3, -0.25) is 0 Å². The van der Waals surface area contributed by atoms with E-state index in [4.69, 9.17) is 4.74 Å². The molecule has 0 N–H and O–H groups in total. The normalized spacial score (nSPS) is 21.6. The second kappa shape index (κ2) is 7.30. The largest absolute Gasteiger partial charge is 0.376 e. The fourth-order valence-corrected chi connectivity index (χ4v) is 2.45. The zero-order valence-electron chi connectivity index (χ0n) is 12.1. The molecule has 1 fully saturated rings. The summed E-state index contributed by atoms with van der Waals surface area (Å²) in [4.78, 5) is 0. The summed E-state index contributed by atoms with van der Waals surface area (Å²) in [6, 6.07) is 8.96. The number of rotatable bonds is 5. The molecule has 1 aromatic rings. The molecule has 0 amide bonds. The lowest BCUT2D eigenvalue weighted by Gasteiger charge is -2.05. The summed E-state index contributed by atoms with van der Waals surface area (Å²) < 4.78 is 5.55. The van der Waals surface area contributed by atoms with Gasteiger partial charge in [0.1, 0.15) is 0 Å². The second-order valence-electron chi connectivity index (χ2n) is 5.21. The summed E-state index contributed by atoms with van der Waals surface area (Å²) in [7, 11) is 0. The number of aryl methyl sites for hydroxylation is 1. The molecule has 0 bridgehead atoms. The Morgan fingerprint density at radius 1 is 1.26 bits per heavy atom. The molecule has 2 rings (SSSR count). The van der Waals surface area contributed by atoms with Crippen LogP contribution in [0.1, 0.15) is 37.8 Å². The number of benzene rings is 1. The highest BCUT2D eigenvalue weighted by molar-refractivity contribution is 5.55. The molecule has 102 valence electrons. The predicted octanol–water partition coefficient (Wildman–Crippen LogP) is 4.64. The predicted molar refractivity (Wildman–Crippen MR) is 82.2 cm³/mol. The average molecular weight is 256 g/mol. The van der Waals surface area contributed by atoms with E-state index in [1.165, 1.54) is 36.0 Å². The molecule has 1 aromatic carbocycles. The summed E-state index contributed by atoms with van der Waals surface area (Å²) in [5.41, 5.74) is 4.12. The molecule has 0 saturated carbocycles. The van der Waals surface area contributed by atoms with E-state index in [9.17, 15) is 0 Å². The standard InChI is InChI=1S/C18H24O/c1-3-5-7-15-8-10-16(11-9-15)12-18-14-19-13-17(18)6-4-2/h4,6,8-12,17H,3,5,7,13-14H2,1-2H3/b6-4+,18-12+. The zero-order valence-corrected chi connectivity index (χ0v) is 12.1. The van der Waals surface area contributed by atoms with Gasteiger partial charge in [-0.2, -0.15) is 0 Å². The van der Waals surface area contributed by atoms with Gasteiger partial charge in [0.15, 0.2) is 0 Å². The van der Waals surface area contributed by atoms with Crippen LogP contribution in [0.25, 0.3) is 6.08 Å². The average Bonchev–Trinajstić information content (AvgIpc) is 2.86. The Bertz CT molecular complexity index is 439. The summed E-state index contributed by atoms with van der Waals surface area (Å²) in [5.74, 6) is 0.463. The van der Waals surface area contributed by atoms with Crippen molar-refractivity contribution in [1.29, 1.82) is 0 Å². The molecule has 1 aliphatic rings. The molecular weight excluding hydrogens is 232 g/mol.